The molecule has 4 nitrogen and oxygen atoms in total. The molecule has 1 fully saturated rings. The van der Waals surface area contributed by atoms with E-state index >= 15 is 0 Å². The van der Waals surface area contributed by atoms with Crippen molar-refractivity contribution in [1.29, 1.82) is 0 Å². The summed E-state index contributed by atoms with van der Waals surface area (Å²) < 4.78 is 5.74. The highest BCUT2D eigenvalue weighted by molar-refractivity contribution is 6.43. The van der Waals surface area contributed by atoms with Crippen molar-refractivity contribution in [1.82, 2.24) is 9.97 Å². The number of nitrogens with zero attached hydrogens (tertiary/aromatic N) is 2. The highest BCUT2D eigenvalue weighted by atomic mass is 35.5. The van der Waals surface area contributed by atoms with Crippen molar-refractivity contribution in [3.8, 4) is 11.6 Å². The number of ether oxygens (including phenoxy) is 1. The molecule has 3 rings (SSSR count). The van der Waals surface area contributed by atoms with Crippen LogP contribution in [0.3, 0.4) is 0 Å². The molecule has 0 radical (unpaired) electrons. The van der Waals surface area contributed by atoms with E-state index in [4.69, 9.17) is 39.5 Å². The Morgan fingerprint density at radius 1 is 1.05 bits per heavy atom. The van der Waals surface area contributed by atoms with Gasteiger partial charge in [-0.1, -0.05) is 34.8 Å². The fourth-order valence-corrected chi connectivity index (χ4v) is 2.42. The van der Waals surface area contributed by atoms with Crippen LogP contribution in [0.15, 0.2) is 18.2 Å². The molecular weight excluding hydrogens is 333 g/mol. The number of anilines is 1. The average molecular weight is 345 g/mol. The molecule has 0 atom stereocenters. The zero-order chi connectivity index (χ0) is 15.0. The van der Waals surface area contributed by atoms with E-state index in [9.17, 15) is 0 Å². The molecule has 0 amide bonds. The van der Waals surface area contributed by atoms with Crippen molar-refractivity contribution in [3.63, 3.8) is 0 Å². The van der Waals surface area contributed by atoms with E-state index in [1.165, 1.54) is 0 Å². The summed E-state index contributed by atoms with van der Waals surface area (Å²) in [5.74, 6) is 2.75. The third kappa shape index (κ3) is 3.34. The molecule has 0 aliphatic heterocycles. The van der Waals surface area contributed by atoms with Gasteiger partial charge in [0.05, 0.1) is 15.1 Å². The molecule has 1 aromatic heterocycles. The molecule has 1 saturated carbocycles. The van der Waals surface area contributed by atoms with Gasteiger partial charge in [0.25, 0.3) is 0 Å². The Hall–Kier alpha value is -1.23. The summed E-state index contributed by atoms with van der Waals surface area (Å²) in [6, 6.07) is 4.83. The lowest BCUT2D eigenvalue weighted by atomic mass is 10.3. The largest absolute Gasteiger partial charge is 0.437 e. The second kappa shape index (κ2) is 5.87. The van der Waals surface area contributed by atoms with Crippen LogP contribution in [0.2, 0.25) is 15.1 Å². The summed E-state index contributed by atoms with van der Waals surface area (Å²) in [6.45, 7) is 0. The maximum absolute atomic E-state index is 6.11. The molecular formula is C14H12Cl3N3O. The monoisotopic (exact) mass is 343 g/mol. The quantitative estimate of drug-likeness (QED) is 0.779. The second-order valence-corrected chi connectivity index (χ2v) is 5.99. The molecule has 1 heterocycles. The highest BCUT2D eigenvalue weighted by Crippen LogP contribution is 2.40. The zero-order valence-corrected chi connectivity index (χ0v) is 13.4. The van der Waals surface area contributed by atoms with Gasteiger partial charge in [0.2, 0.25) is 5.88 Å². The van der Waals surface area contributed by atoms with Crippen LogP contribution in [0.1, 0.15) is 24.6 Å². The molecule has 21 heavy (non-hydrogen) atoms. The van der Waals surface area contributed by atoms with Gasteiger partial charge in [-0.25, -0.2) is 4.98 Å². The fraction of sp³-hybridized carbons (Fsp3) is 0.286. The summed E-state index contributed by atoms with van der Waals surface area (Å²) >= 11 is 18.0. The Morgan fingerprint density at radius 3 is 2.43 bits per heavy atom. The smallest absolute Gasteiger partial charge is 0.224 e. The van der Waals surface area contributed by atoms with Gasteiger partial charge in [0.15, 0.2) is 0 Å². The normalized spacial score (nSPS) is 14.1. The Kier molecular flexibility index (Phi) is 4.11. The molecule has 1 N–H and O–H groups in total. The number of hydrogen-bond donors (Lipinski definition) is 1. The van der Waals surface area contributed by atoms with Crippen LogP contribution in [0.25, 0.3) is 0 Å². The van der Waals surface area contributed by atoms with E-state index in [0.29, 0.717) is 38.4 Å². The summed E-state index contributed by atoms with van der Waals surface area (Å²) in [6.07, 6.45) is 2.22. The maximum Gasteiger partial charge on any atom is 0.224 e. The maximum atomic E-state index is 6.11. The molecule has 1 aliphatic rings. The van der Waals surface area contributed by atoms with Crippen molar-refractivity contribution < 1.29 is 4.74 Å². The van der Waals surface area contributed by atoms with Gasteiger partial charge in [-0.15, -0.1) is 0 Å². The number of aromatic nitrogens is 2. The molecule has 7 heteroatoms. The minimum Gasteiger partial charge on any atom is -0.437 e. The minimum absolute atomic E-state index is 0.376. The molecule has 1 aromatic carbocycles. The molecule has 1 aliphatic carbocycles. The van der Waals surface area contributed by atoms with Gasteiger partial charge < -0.3 is 10.1 Å². The van der Waals surface area contributed by atoms with Gasteiger partial charge in [0.1, 0.15) is 17.4 Å². The van der Waals surface area contributed by atoms with E-state index in [0.717, 1.165) is 18.7 Å². The van der Waals surface area contributed by atoms with E-state index in [1.807, 2.05) is 0 Å². The van der Waals surface area contributed by atoms with Crippen LogP contribution in [0.5, 0.6) is 11.6 Å². The number of hydrogen-bond acceptors (Lipinski definition) is 4. The molecule has 0 saturated heterocycles. The van der Waals surface area contributed by atoms with Gasteiger partial charge in [-0.05, 0) is 18.9 Å². The fourth-order valence-electron chi connectivity index (χ4n) is 1.84. The van der Waals surface area contributed by atoms with Crippen LogP contribution in [0, 0.1) is 0 Å². The molecule has 110 valence electrons. The Balaban J connectivity index is 1.94. The van der Waals surface area contributed by atoms with Crippen LogP contribution < -0.4 is 10.1 Å². The summed E-state index contributed by atoms with van der Waals surface area (Å²) in [5, 5.41) is 4.13. The lowest BCUT2D eigenvalue weighted by Gasteiger charge is -2.10. The van der Waals surface area contributed by atoms with Gasteiger partial charge in [-0.3, -0.25) is 0 Å². The highest BCUT2D eigenvalue weighted by Gasteiger charge is 2.27. The summed E-state index contributed by atoms with van der Waals surface area (Å²) in [5.41, 5.74) is 0. The van der Waals surface area contributed by atoms with E-state index < -0.39 is 0 Å². The van der Waals surface area contributed by atoms with Crippen molar-refractivity contribution in [3.05, 3.63) is 39.1 Å². The van der Waals surface area contributed by atoms with Crippen molar-refractivity contribution in [2.24, 2.45) is 0 Å². The predicted octanol–water partition coefficient (Wildman–Crippen LogP) is 5.15. The number of halogens is 3. The summed E-state index contributed by atoms with van der Waals surface area (Å²) in [7, 11) is 1.80. The molecule has 2 aromatic rings. The number of nitrogens with one attached hydrogen (secondary N) is 1. The van der Waals surface area contributed by atoms with Crippen molar-refractivity contribution >= 4 is 40.6 Å². The van der Waals surface area contributed by atoms with E-state index in [2.05, 4.69) is 15.3 Å². The third-order valence-corrected chi connectivity index (χ3v) is 4.13. The Bertz CT molecular complexity index is 689. The molecule has 0 spiro atoms. The van der Waals surface area contributed by atoms with Crippen LogP contribution in [-0.4, -0.2) is 17.0 Å². The standard InChI is InChI=1S/C14H12Cl3N3O/c1-18-12-6-13(20-14(19-12)7-2-3-7)21-11-5-9(16)8(15)4-10(11)17/h4-7H,2-3H2,1H3,(H,18,19,20). The lowest BCUT2D eigenvalue weighted by Crippen LogP contribution is -2.01. The number of benzene rings is 1. The van der Waals surface area contributed by atoms with Crippen LogP contribution >= 0.6 is 34.8 Å². The first-order chi connectivity index (χ1) is 10.1. The zero-order valence-electron chi connectivity index (χ0n) is 11.2. The van der Waals surface area contributed by atoms with E-state index in [1.54, 1.807) is 25.2 Å². The first-order valence-corrected chi connectivity index (χ1v) is 7.59. The Labute approximate surface area is 137 Å². The van der Waals surface area contributed by atoms with Crippen LogP contribution in [0.4, 0.5) is 5.82 Å². The number of rotatable bonds is 4. The average Bonchev–Trinajstić information content (AvgIpc) is 3.29. The molecule has 0 bridgehead atoms. The van der Waals surface area contributed by atoms with Gasteiger partial charge in [-0.2, -0.15) is 4.98 Å². The first kappa shape index (κ1) is 14.7. The predicted molar refractivity (Wildman–Crippen MR) is 85.1 cm³/mol. The van der Waals surface area contributed by atoms with E-state index in [-0.39, 0.29) is 0 Å². The SMILES string of the molecule is CNc1cc(Oc2cc(Cl)c(Cl)cc2Cl)nc(C2CC2)n1. The van der Waals surface area contributed by atoms with Gasteiger partial charge >= 0.3 is 0 Å². The van der Waals surface area contributed by atoms with Crippen molar-refractivity contribution in [2.45, 2.75) is 18.8 Å². The lowest BCUT2D eigenvalue weighted by molar-refractivity contribution is 0.459. The first-order valence-electron chi connectivity index (χ1n) is 6.46. The second-order valence-electron chi connectivity index (χ2n) is 4.77. The topological polar surface area (TPSA) is 47.0 Å². The molecule has 0 unspecified atom stereocenters. The third-order valence-electron chi connectivity index (χ3n) is 3.11. The minimum atomic E-state index is 0.376. The van der Waals surface area contributed by atoms with Gasteiger partial charge in [0, 0.05) is 25.1 Å². The van der Waals surface area contributed by atoms with Crippen LogP contribution in [-0.2, 0) is 0 Å². The summed E-state index contributed by atoms with van der Waals surface area (Å²) in [4.78, 5) is 8.85. The Morgan fingerprint density at radius 2 is 1.76 bits per heavy atom. The van der Waals surface area contributed by atoms with Crippen molar-refractivity contribution in [2.75, 3.05) is 12.4 Å².